The van der Waals surface area contributed by atoms with Gasteiger partial charge in [-0.05, 0) is 67.5 Å². The molecule has 0 radical (unpaired) electrons. The minimum Gasteiger partial charge on any atom is -0.483 e. The summed E-state index contributed by atoms with van der Waals surface area (Å²) in [6, 6.07) is 11.6. The number of halogens is 3. The third-order valence-corrected chi connectivity index (χ3v) is 5.10. The van der Waals surface area contributed by atoms with Crippen LogP contribution in [0.2, 0.25) is 5.02 Å². The summed E-state index contributed by atoms with van der Waals surface area (Å²) in [5.41, 5.74) is 2.04. The van der Waals surface area contributed by atoms with Crippen molar-refractivity contribution >= 4 is 18.1 Å². The lowest BCUT2D eigenvalue weighted by Gasteiger charge is -2.17. The average molecular weight is 481 g/mol. The minimum atomic E-state index is -0.764. The van der Waals surface area contributed by atoms with E-state index >= 15 is 0 Å². The van der Waals surface area contributed by atoms with E-state index in [1.807, 2.05) is 19.1 Å². The standard InChI is InChI=1S/C9H19N.C8H6ClN.C8H8F2.CH2O2/c1-8(2)6-10-5-4-9(3)7-10;1-6-2-3-7(5-10)8(9)4-6;1-2-6-4-3-5-7(9)8(6)10;2-1-3/h8-9H,4-7H2,1-3H3;2-4H,1H3;3-5H,2H2,1H3;1H,(H,2,3). The highest BCUT2D eigenvalue weighted by atomic mass is 35.5. The molecule has 1 heterocycles. The molecule has 4 nitrogen and oxygen atoms in total. The molecule has 182 valence electrons. The first-order valence-corrected chi connectivity index (χ1v) is 11.4. The van der Waals surface area contributed by atoms with E-state index in [1.54, 1.807) is 25.1 Å². The molecule has 7 heteroatoms. The van der Waals surface area contributed by atoms with E-state index in [9.17, 15) is 8.78 Å². The second-order valence-electron chi connectivity index (χ2n) is 8.31. The van der Waals surface area contributed by atoms with Gasteiger partial charge in [-0.25, -0.2) is 8.78 Å². The van der Waals surface area contributed by atoms with Crippen molar-refractivity contribution in [2.45, 2.75) is 47.5 Å². The molecule has 1 fully saturated rings. The van der Waals surface area contributed by atoms with Gasteiger partial charge in [0.2, 0.25) is 0 Å². The maximum absolute atomic E-state index is 12.6. The fourth-order valence-electron chi connectivity index (χ4n) is 3.24. The first kappa shape index (κ1) is 30.5. The Bertz CT molecular complexity index is 885. The van der Waals surface area contributed by atoms with Gasteiger partial charge in [-0.2, -0.15) is 5.26 Å². The fraction of sp³-hybridized carbons (Fsp3) is 0.462. The van der Waals surface area contributed by atoms with E-state index in [0.29, 0.717) is 22.6 Å². The van der Waals surface area contributed by atoms with Crippen LogP contribution in [-0.2, 0) is 11.2 Å². The van der Waals surface area contributed by atoms with Gasteiger partial charge in [0, 0.05) is 13.1 Å². The number of hydrogen-bond donors (Lipinski definition) is 1. The normalized spacial score (nSPS) is 14.6. The Labute approximate surface area is 201 Å². The van der Waals surface area contributed by atoms with Crippen LogP contribution in [0.25, 0.3) is 0 Å². The highest BCUT2D eigenvalue weighted by Gasteiger charge is 2.18. The van der Waals surface area contributed by atoms with Gasteiger partial charge < -0.3 is 10.0 Å². The molecule has 2 aromatic rings. The van der Waals surface area contributed by atoms with Crippen LogP contribution in [0.1, 0.15) is 50.8 Å². The maximum atomic E-state index is 12.6. The summed E-state index contributed by atoms with van der Waals surface area (Å²) in [6.45, 7) is 14.4. The van der Waals surface area contributed by atoms with E-state index < -0.39 is 11.6 Å². The van der Waals surface area contributed by atoms with Gasteiger partial charge in [-0.3, -0.25) is 4.79 Å². The summed E-state index contributed by atoms with van der Waals surface area (Å²) in [7, 11) is 0. The van der Waals surface area contributed by atoms with Crippen molar-refractivity contribution in [3.8, 4) is 6.07 Å². The quantitative estimate of drug-likeness (QED) is 0.494. The molecule has 1 aliphatic rings. The predicted molar refractivity (Wildman–Crippen MR) is 130 cm³/mol. The zero-order valence-corrected chi connectivity index (χ0v) is 20.9. The van der Waals surface area contributed by atoms with Crippen LogP contribution >= 0.6 is 11.6 Å². The van der Waals surface area contributed by atoms with E-state index in [4.69, 9.17) is 26.8 Å². The molecule has 0 aliphatic carbocycles. The molecular formula is C26H35ClF2N2O2. The number of likely N-dealkylation sites (tertiary alicyclic amines) is 1. The first-order valence-electron chi connectivity index (χ1n) is 11.0. The van der Waals surface area contributed by atoms with Crippen LogP contribution in [-0.4, -0.2) is 36.1 Å². The molecule has 3 rings (SSSR count). The molecule has 33 heavy (non-hydrogen) atoms. The van der Waals surface area contributed by atoms with Gasteiger partial charge in [0.25, 0.3) is 6.47 Å². The third kappa shape index (κ3) is 13.0. The lowest BCUT2D eigenvalue weighted by Crippen LogP contribution is -2.24. The van der Waals surface area contributed by atoms with E-state index in [1.165, 1.54) is 32.1 Å². The van der Waals surface area contributed by atoms with E-state index in [0.717, 1.165) is 23.5 Å². The predicted octanol–water partition coefficient (Wildman–Crippen LogP) is 6.73. The third-order valence-electron chi connectivity index (χ3n) is 4.79. The van der Waals surface area contributed by atoms with Crippen molar-refractivity contribution in [1.82, 2.24) is 4.90 Å². The molecular weight excluding hydrogens is 446 g/mol. The summed E-state index contributed by atoms with van der Waals surface area (Å²) < 4.78 is 25.0. The Balaban J connectivity index is 0.000000439. The Morgan fingerprint density at radius 1 is 1.30 bits per heavy atom. The Hall–Kier alpha value is -2.49. The molecule has 1 atom stereocenters. The van der Waals surface area contributed by atoms with Crippen molar-refractivity contribution in [2.75, 3.05) is 19.6 Å². The van der Waals surface area contributed by atoms with Crippen LogP contribution in [0, 0.1) is 41.7 Å². The van der Waals surface area contributed by atoms with Gasteiger partial charge in [0.05, 0.1) is 10.6 Å². The Morgan fingerprint density at radius 3 is 2.36 bits per heavy atom. The van der Waals surface area contributed by atoms with Crippen LogP contribution in [0.3, 0.4) is 0 Å². The van der Waals surface area contributed by atoms with Crippen molar-refractivity contribution in [2.24, 2.45) is 11.8 Å². The SMILES string of the molecule is CC(C)CN1CCC(C)C1.CCc1cccc(F)c1F.Cc1ccc(C#N)c(Cl)c1.O=CO. The smallest absolute Gasteiger partial charge is 0.290 e. The number of carboxylic acid groups (broad SMARTS) is 1. The number of hydrogen-bond acceptors (Lipinski definition) is 3. The van der Waals surface area contributed by atoms with E-state index in [-0.39, 0.29) is 6.47 Å². The van der Waals surface area contributed by atoms with Crippen molar-refractivity contribution in [3.63, 3.8) is 0 Å². The molecule has 0 bridgehead atoms. The van der Waals surface area contributed by atoms with Gasteiger partial charge in [-0.1, -0.05) is 57.5 Å². The molecule has 1 aliphatic heterocycles. The molecule has 0 aromatic heterocycles. The second kappa shape index (κ2) is 17.0. The number of aryl methyl sites for hydroxylation is 2. The summed E-state index contributed by atoms with van der Waals surface area (Å²) >= 11 is 5.71. The number of benzene rings is 2. The summed E-state index contributed by atoms with van der Waals surface area (Å²) in [5, 5.41) is 15.9. The van der Waals surface area contributed by atoms with Gasteiger partial charge in [-0.15, -0.1) is 0 Å². The zero-order valence-electron chi connectivity index (χ0n) is 20.1. The van der Waals surface area contributed by atoms with Gasteiger partial charge in [0.15, 0.2) is 11.6 Å². The lowest BCUT2D eigenvalue weighted by atomic mass is 10.1. The number of rotatable bonds is 3. The van der Waals surface area contributed by atoms with Gasteiger partial charge >= 0.3 is 0 Å². The second-order valence-corrected chi connectivity index (χ2v) is 8.72. The molecule has 2 aromatic carbocycles. The topological polar surface area (TPSA) is 64.3 Å². The number of carbonyl (C=O) groups is 1. The summed E-state index contributed by atoms with van der Waals surface area (Å²) in [6.07, 6.45) is 1.94. The van der Waals surface area contributed by atoms with E-state index in [2.05, 4.69) is 25.7 Å². The number of nitriles is 1. The molecule has 0 spiro atoms. The summed E-state index contributed by atoms with van der Waals surface area (Å²) in [4.78, 5) is 10.9. The molecule has 1 N–H and O–H groups in total. The molecule has 0 amide bonds. The molecule has 0 saturated carbocycles. The van der Waals surface area contributed by atoms with Crippen LogP contribution in [0.15, 0.2) is 36.4 Å². The van der Waals surface area contributed by atoms with Crippen molar-refractivity contribution in [3.05, 3.63) is 69.7 Å². The van der Waals surface area contributed by atoms with Crippen LogP contribution < -0.4 is 0 Å². The largest absolute Gasteiger partial charge is 0.483 e. The molecule has 1 saturated heterocycles. The molecule has 1 unspecified atom stereocenters. The highest BCUT2D eigenvalue weighted by Crippen LogP contribution is 2.16. The minimum absolute atomic E-state index is 0.250. The number of nitrogens with zero attached hydrogens (tertiary/aromatic N) is 2. The maximum Gasteiger partial charge on any atom is 0.290 e. The van der Waals surface area contributed by atoms with Gasteiger partial charge in [0.1, 0.15) is 6.07 Å². The van der Waals surface area contributed by atoms with Crippen LogP contribution in [0.5, 0.6) is 0 Å². The lowest BCUT2D eigenvalue weighted by molar-refractivity contribution is -0.122. The Morgan fingerprint density at radius 2 is 1.94 bits per heavy atom. The highest BCUT2D eigenvalue weighted by molar-refractivity contribution is 6.31. The van der Waals surface area contributed by atoms with Crippen molar-refractivity contribution in [1.29, 1.82) is 5.26 Å². The Kier molecular flexibility index (Phi) is 15.8. The zero-order chi connectivity index (χ0) is 25.4. The first-order chi connectivity index (χ1) is 15.6. The van der Waals surface area contributed by atoms with Crippen LogP contribution in [0.4, 0.5) is 8.78 Å². The average Bonchev–Trinajstić information content (AvgIpc) is 3.15. The monoisotopic (exact) mass is 480 g/mol. The fourth-order valence-corrected chi connectivity index (χ4v) is 3.52. The summed E-state index contributed by atoms with van der Waals surface area (Å²) in [5.74, 6) is 0.299. The van der Waals surface area contributed by atoms with Crippen molar-refractivity contribution < 1.29 is 18.7 Å².